The molecule has 3 rings (SSSR count). The van der Waals surface area contributed by atoms with Crippen molar-refractivity contribution in [2.45, 2.75) is 20.0 Å². The number of ether oxygens (including phenoxy) is 1. The molecule has 2 N–H and O–H groups in total. The lowest BCUT2D eigenvalue weighted by atomic mass is 10.2. The van der Waals surface area contributed by atoms with E-state index in [0.29, 0.717) is 0 Å². The fraction of sp³-hybridized carbons (Fsp3) is 0.467. The highest BCUT2D eigenvalue weighted by atomic mass is 16.5. The van der Waals surface area contributed by atoms with E-state index in [1.54, 1.807) is 0 Å². The number of aromatic nitrogens is 1. The van der Waals surface area contributed by atoms with Gasteiger partial charge in [-0.3, -0.25) is 4.90 Å². The lowest BCUT2D eigenvalue weighted by Crippen LogP contribution is -2.36. The van der Waals surface area contributed by atoms with Crippen molar-refractivity contribution in [2.75, 3.05) is 32.0 Å². The van der Waals surface area contributed by atoms with Gasteiger partial charge in [0.2, 0.25) is 0 Å². The van der Waals surface area contributed by atoms with Gasteiger partial charge in [0, 0.05) is 48.5 Å². The number of aryl methyl sites for hydroxylation is 1. The van der Waals surface area contributed by atoms with E-state index in [1.165, 1.54) is 16.6 Å². The number of hydrogen-bond donors (Lipinski definition) is 1. The summed E-state index contributed by atoms with van der Waals surface area (Å²) in [7, 11) is 0. The van der Waals surface area contributed by atoms with Gasteiger partial charge in [0.1, 0.15) is 0 Å². The molecule has 102 valence electrons. The fourth-order valence-corrected chi connectivity index (χ4v) is 2.84. The molecule has 1 aromatic carbocycles. The molecule has 0 unspecified atom stereocenters. The van der Waals surface area contributed by atoms with Crippen molar-refractivity contribution in [2.24, 2.45) is 0 Å². The van der Waals surface area contributed by atoms with Crippen LogP contribution in [0.4, 0.5) is 5.69 Å². The first kappa shape index (κ1) is 12.5. The van der Waals surface area contributed by atoms with Crippen molar-refractivity contribution in [3.8, 4) is 0 Å². The Morgan fingerprint density at radius 1 is 1.21 bits per heavy atom. The second-order valence-electron chi connectivity index (χ2n) is 5.09. The number of hydrogen-bond acceptors (Lipinski definition) is 3. The van der Waals surface area contributed by atoms with E-state index < -0.39 is 0 Å². The molecule has 4 nitrogen and oxygen atoms in total. The molecule has 2 aromatic rings. The van der Waals surface area contributed by atoms with Crippen molar-refractivity contribution in [3.63, 3.8) is 0 Å². The van der Waals surface area contributed by atoms with Crippen LogP contribution in [0.2, 0.25) is 0 Å². The number of benzene rings is 1. The first-order chi connectivity index (χ1) is 9.28. The second kappa shape index (κ2) is 5.23. The molecule has 0 spiro atoms. The largest absolute Gasteiger partial charge is 0.399 e. The molecule has 4 heteroatoms. The van der Waals surface area contributed by atoms with Crippen molar-refractivity contribution in [1.29, 1.82) is 0 Å². The van der Waals surface area contributed by atoms with E-state index in [9.17, 15) is 0 Å². The molecule has 0 amide bonds. The number of rotatable bonds is 3. The molecule has 0 aliphatic carbocycles. The van der Waals surface area contributed by atoms with E-state index in [0.717, 1.165) is 45.1 Å². The summed E-state index contributed by atoms with van der Waals surface area (Å²) in [6.07, 6.45) is 0. The Kier molecular flexibility index (Phi) is 3.44. The van der Waals surface area contributed by atoms with E-state index in [2.05, 4.69) is 34.6 Å². The zero-order valence-electron chi connectivity index (χ0n) is 11.4. The number of nitrogen functional groups attached to an aromatic ring is 1. The zero-order chi connectivity index (χ0) is 13.2. The van der Waals surface area contributed by atoms with Gasteiger partial charge in [0.15, 0.2) is 0 Å². The highest BCUT2D eigenvalue weighted by Crippen LogP contribution is 2.23. The van der Waals surface area contributed by atoms with Gasteiger partial charge >= 0.3 is 0 Å². The van der Waals surface area contributed by atoms with Crippen LogP contribution in [0.5, 0.6) is 0 Å². The maximum Gasteiger partial charge on any atom is 0.0594 e. The van der Waals surface area contributed by atoms with E-state index in [4.69, 9.17) is 10.5 Å². The van der Waals surface area contributed by atoms with Crippen molar-refractivity contribution < 1.29 is 4.74 Å². The summed E-state index contributed by atoms with van der Waals surface area (Å²) in [6, 6.07) is 8.43. The summed E-state index contributed by atoms with van der Waals surface area (Å²) in [5, 5.41) is 1.24. The maximum absolute atomic E-state index is 5.87. The smallest absolute Gasteiger partial charge is 0.0594 e. The molecule has 0 bridgehead atoms. The maximum atomic E-state index is 5.87. The molecule has 1 fully saturated rings. The Morgan fingerprint density at radius 2 is 2.00 bits per heavy atom. The third-order valence-electron chi connectivity index (χ3n) is 3.82. The van der Waals surface area contributed by atoms with Crippen LogP contribution in [0.25, 0.3) is 10.9 Å². The van der Waals surface area contributed by atoms with Crippen LogP contribution in [0.3, 0.4) is 0 Å². The van der Waals surface area contributed by atoms with Crippen LogP contribution in [-0.4, -0.2) is 35.8 Å². The molecule has 0 radical (unpaired) electrons. The monoisotopic (exact) mass is 259 g/mol. The Balaban J connectivity index is 1.93. The molecule has 19 heavy (non-hydrogen) atoms. The lowest BCUT2D eigenvalue weighted by Gasteiger charge is -2.26. The minimum Gasteiger partial charge on any atom is -0.399 e. The summed E-state index contributed by atoms with van der Waals surface area (Å²) < 4.78 is 7.78. The van der Waals surface area contributed by atoms with Crippen molar-refractivity contribution in [1.82, 2.24) is 9.47 Å². The average Bonchev–Trinajstić information content (AvgIpc) is 2.76. The lowest BCUT2D eigenvalue weighted by molar-refractivity contribution is 0.0332. The number of fused-ring (bicyclic) bond motifs is 1. The predicted molar refractivity (Wildman–Crippen MR) is 78.1 cm³/mol. The highest BCUT2D eigenvalue weighted by molar-refractivity contribution is 5.84. The van der Waals surface area contributed by atoms with Gasteiger partial charge < -0.3 is 15.0 Å². The van der Waals surface area contributed by atoms with Gasteiger partial charge in [-0.1, -0.05) is 0 Å². The SMILES string of the molecule is CCn1c(CN2CCOCC2)cc2cc(N)ccc21. The minimum absolute atomic E-state index is 0.832. The van der Waals surface area contributed by atoms with Gasteiger partial charge in [0.05, 0.1) is 13.2 Å². The molecular weight excluding hydrogens is 238 g/mol. The quantitative estimate of drug-likeness (QED) is 0.858. The number of nitrogens with two attached hydrogens (primary N) is 1. The molecule has 1 aliphatic rings. The number of anilines is 1. The van der Waals surface area contributed by atoms with Crippen molar-refractivity contribution in [3.05, 3.63) is 30.0 Å². The number of morpholine rings is 1. The Morgan fingerprint density at radius 3 is 2.74 bits per heavy atom. The van der Waals surface area contributed by atoms with Crippen molar-refractivity contribution >= 4 is 16.6 Å². The first-order valence-electron chi connectivity index (χ1n) is 6.95. The van der Waals surface area contributed by atoms with Gasteiger partial charge in [-0.05, 0) is 31.2 Å². The topological polar surface area (TPSA) is 43.4 Å². The van der Waals surface area contributed by atoms with Gasteiger partial charge in [-0.15, -0.1) is 0 Å². The Bertz CT molecular complexity index is 570. The van der Waals surface area contributed by atoms with Crippen LogP contribution in [0.1, 0.15) is 12.6 Å². The molecule has 0 saturated carbocycles. The summed E-state index contributed by atoms with van der Waals surface area (Å²) in [5.74, 6) is 0. The summed E-state index contributed by atoms with van der Waals surface area (Å²) in [5.41, 5.74) is 9.35. The molecule has 2 heterocycles. The number of nitrogens with zero attached hydrogens (tertiary/aromatic N) is 2. The summed E-state index contributed by atoms with van der Waals surface area (Å²) in [6.45, 7) is 7.91. The van der Waals surface area contributed by atoms with Crippen LogP contribution in [0.15, 0.2) is 24.3 Å². The Labute approximate surface area is 113 Å². The van der Waals surface area contributed by atoms with Crippen LogP contribution >= 0.6 is 0 Å². The van der Waals surface area contributed by atoms with Crippen LogP contribution < -0.4 is 5.73 Å². The molecule has 1 saturated heterocycles. The molecule has 0 atom stereocenters. The fourth-order valence-electron chi connectivity index (χ4n) is 2.84. The molecule has 1 aliphatic heterocycles. The van der Waals surface area contributed by atoms with Gasteiger partial charge in [0.25, 0.3) is 0 Å². The standard InChI is InChI=1S/C15H21N3O/c1-2-18-14(11-17-5-7-19-8-6-17)10-12-9-13(16)3-4-15(12)18/h3-4,9-10H,2,5-8,11,16H2,1H3. The van der Waals surface area contributed by atoms with E-state index >= 15 is 0 Å². The molecule has 1 aromatic heterocycles. The Hall–Kier alpha value is -1.52. The first-order valence-corrected chi connectivity index (χ1v) is 6.95. The van der Waals surface area contributed by atoms with Gasteiger partial charge in [-0.25, -0.2) is 0 Å². The third-order valence-corrected chi connectivity index (χ3v) is 3.82. The molecular formula is C15H21N3O. The van der Waals surface area contributed by atoms with E-state index in [1.807, 2.05) is 6.07 Å². The summed E-state index contributed by atoms with van der Waals surface area (Å²) in [4.78, 5) is 2.45. The predicted octanol–water partition coefficient (Wildman–Crippen LogP) is 2.08. The highest BCUT2D eigenvalue weighted by Gasteiger charge is 2.14. The second-order valence-corrected chi connectivity index (χ2v) is 5.09. The third kappa shape index (κ3) is 2.46. The zero-order valence-corrected chi connectivity index (χ0v) is 11.4. The minimum atomic E-state index is 0.832. The van der Waals surface area contributed by atoms with E-state index in [-0.39, 0.29) is 0 Å². The van der Waals surface area contributed by atoms with Crippen LogP contribution in [0, 0.1) is 0 Å². The van der Waals surface area contributed by atoms with Crippen LogP contribution in [-0.2, 0) is 17.8 Å². The normalized spacial score (nSPS) is 17.1. The van der Waals surface area contributed by atoms with Gasteiger partial charge in [-0.2, -0.15) is 0 Å². The summed E-state index contributed by atoms with van der Waals surface area (Å²) >= 11 is 0. The average molecular weight is 259 g/mol.